The van der Waals surface area contributed by atoms with E-state index in [-0.39, 0.29) is 30.6 Å². The van der Waals surface area contributed by atoms with Gasteiger partial charge in [0.05, 0.1) is 18.9 Å². The number of fused-ring (bicyclic) bond motifs is 1. The Morgan fingerprint density at radius 2 is 2.08 bits per heavy atom. The van der Waals surface area contributed by atoms with Gasteiger partial charge in [0.2, 0.25) is 0 Å². The van der Waals surface area contributed by atoms with Gasteiger partial charge in [0.15, 0.2) is 6.29 Å². The molecule has 4 rings (SSSR count). The fourth-order valence-electron chi connectivity index (χ4n) is 3.28. The van der Waals surface area contributed by atoms with Crippen molar-refractivity contribution in [2.75, 3.05) is 20.7 Å². The molecule has 2 saturated heterocycles. The first-order valence-corrected chi connectivity index (χ1v) is 8.39. The number of ether oxygens (including phenoxy) is 3. The van der Waals surface area contributed by atoms with Crippen molar-refractivity contribution in [2.24, 2.45) is 11.0 Å². The topological polar surface area (TPSA) is 61.1 Å². The molecule has 0 N–H and O–H groups in total. The number of hydrazone groups is 1. The second kappa shape index (κ2) is 6.95. The van der Waals surface area contributed by atoms with Gasteiger partial charge in [-0.15, -0.1) is 0 Å². The minimum atomic E-state index is -0.386. The molecule has 3 heterocycles. The summed E-state index contributed by atoms with van der Waals surface area (Å²) >= 11 is 0. The van der Waals surface area contributed by atoms with E-state index < -0.39 is 0 Å². The third-order valence-corrected chi connectivity index (χ3v) is 4.44. The summed E-state index contributed by atoms with van der Waals surface area (Å²) in [4.78, 5) is 4.13. The van der Waals surface area contributed by atoms with Crippen LogP contribution in [0.3, 0.4) is 0 Å². The van der Waals surface area contributed by atoms with Crippen molar-refractivity contribution < 1.29 is 14.2 Å². The van der Waals surface area contributed by atoms with Crippen LogP contribution in [0.4, 0.5) is 0 Å². The predicted octanol–water partition coefficient (Wildman–Crippen LogP) is 2.06. The summed E-state index contributed by atoms with van der Waals surface area (Å²) in [6, 6.07) is 9.97. The van der Waals surface area contributed by atoms with Crippen LogP contribution < -0.4 is 0 Å². The van der Waals surface area contributed by atoms with E-state index in [9.17, 15) is 0 Å². The summed E-state index contributed by atoms with van der Waals surface area (Å²) in [6.45, 7) is 0.488. The maximum atomic E-state index is 6.28. The molecule has 132 valence electrons. The molecule has 0 aliphatic carbocycles. The Morgan fingerprint density at radius 3 is 2.80 bits per heavy atom. The van der Waals surface area contributed by atoms with Crippen LogP contribution in [0.1, 0.15) is 18.1 Å². The molecular formula is C18H22N4O3. The number of imidazole rings is 1. The van der Waals surface area contributed by atoms with Crippen LogP contribution >= 0.6 is 0 Å². The molecule has 5 atom stereocenters. The number of rotatable bonds is 4. The number of benzene rings is 1. The molecule has 25 heavy (non-hydrogen) atoms. The van der Waals surface area contributed by atoms with Crippen molar-refractivity contribution >= 4 is 6.21 Å². The highest BCUT2D eigenvalue weighted by Gasteiger charge is 2.49. The maximum Gasteiger partial charge on any atom is 0.184 e. The van der Waals surface area contributed by atoms with Gasteiger partial charge in [0.25, 0.3) is 0 Å². The molecule has 0 spiro atoms. The van der Waals surface area contributed by atoms with Crippen LogP contribution in [0.15, 0.2) is 54.2 Å². The van der Waals surface area contributed by atoms with E-state index in [1.54, 1.807) is 17.5 Å². The van der Waals surface area contributed by atoms with Crippen LogP contribution in [-0.2, 0) is 14.2 Å². The van der Waals surface area contributed by atoms with Crippen LogP contribution in [-0.4, -0.2) is 53.7 Å². The first-order chi connectivity index (χ1) is 12.2. The summed E-state index contributed by atoms with van der Waals surface area (Å²) in [5.74, 6) is -0.0308. The molecule has 1 aromatic heterocycles. The number of aromatic nitrogens is 2. The summed E-state index contributed by atoms with van der Waals surface area (Å²) in [7, 11) is 3.79. The minimum absolute atomic E-state index is 0.0308. The van der Waals surface area contributed by atoms with Gasteiger partial charge in [0, 0.05) is 38.3 Å². The van der Waals surface area contributed by atoms with Gasteiger partial charge in [-0.2, -0.15) is 5.10 Å². The fourth-order valence-corrected chi connectivity index (χ4v) is 3.28. The van der Waals surface area contributed by atoms with Crippen molar-refractivity contribution in [2.45, 2.75) is 24.7 Å². The van der Waals surface area contributed by atoms with E-state index in [2.05, 4.69) is 10.1 Å². The highest BCUT2D eigenvalue weighted by atomic mass is 16.7. The van der Waals surface area contributed by atoms with Gasteiger partial charge in [-0.3, -0.25) is 0 Å². The molecule has 0 saturated carbocycles. The molecule has 0 radical (unpaired) electrons. The Hall–Kier alpha value is -2.22. The molecule has 7 heteroatoms. The second-order valence-electron chi connectivity index (χ2n) is 6.44. The number of hydrogen-bond donors (Lipinski definition) is 0. The first-order valence-electron chi connectivity index (χ1n) is 8.39. The average molecular weight is 342 g/mol. The summed E-state index contributed by atoms with van der Waals surface area (Å²) < 4.78 is 20.3. The van der Waals surface area contributed by atoms with Crippen LogP contribution in [0.25, 0.3) is 0 Å². The third-order valence-electron chi connectivity index (χ3n) is 4.44. The largest absolute Gasteiger partial charge is 0.349 e. The Labute approximate surface area is 146 Å². The van der Waals surface area contributed by atoms with Gasteiger partial charge in [-0.05, 0) is 0 Å². The molecule has 7 nitrogen and oxygen atoms in total. The molecule has 0 amide bonds. The van der Waals surface area contributed by atoms with Crippen molar-refractivity contribution in [3.05, 3.63) is 54.6 Å². The Kier molecular flexibility index (Phi) is 4.52. The lowest BCUT2D eigenvalue weighted by atomic mass is 9.99. The first kappa shape index (κ1) is 16.3. The van der Waals surface area contributed by atoms with E-state index in [0.717, 1.165) is 5.56 Å². The van der Waals surface area contributed by atoms with Crippen molar-refractivity contribution in [1.29, 1.82) is 0 Å². The lowest BCUT2D eigenvalue weighted by Crippen LogP contribution is -2.41. The van der Waals surface area contributed by atoms with E-state index >= 15 is 0 Å². The van der Waals surface area contributed by atoms with E-state index in [4.69, 9.17) is 14.2 Å². The molecule has 2 aliphatic heterocycles. The normalized spacial score (nSPS) is 32.0. The molecule has 0 bridgehead atoms. The van der Waals surface area contributed by atoms with E-state index in [1.807, 2.05) is 61.4 Å². The van der Waals surface area contributed by atoms with Gasteiger partial charge in [0.1, 0.15) is 18.4 Å². The molecule has 2 fully saturated rings. The minimum Gasteiger partial charge on any atom is -0.349 e. The number of nitrogens with zero attached hydrogens (tertiary/aromatic N) is 4. The standard InChI is InChI=1S/C18H22N4O3/c1-21(2)20-10-14-16-15(24-17(14)22-9-8-19-12-22)11-23-18(25-16)13-6-4-3-5-7-13/h3-10,12,14-18H,11H2,1-2H3/b20-10+/t14-,15+,16-,17+,18?/m0/s1. The lowest BCUT2D eigenvalue weighted by molar-refractivity contribution is -0.247. The Morgan fingerprint density at radius 1 is 1.24 bits per heavy atom. The highest BCUT2D eigenvalue weighted by Crippen LogP contribution is 2.41. The monoisotopic (exact) mass is 342 g/mol. The van der Waals surface area contributed by atoms with E-state index in [1.165, 1.54) is 0 Å². The number of hydrogen-bond acceptors (Lipinski definition) is 6. The molecular weight excluding hydrogens is 320 g/mol. The SMILES string of the molecule is CN(C)/N=C/[C@H]1[C@@H]2OC(c3ccccc3)OC[C@H]2O[C@H]1n1ccnc1. The van der Waals surface area contributed by atoms with Gasteiger partial charge >= 0.3 is 0 Å². The molecule has 1 unspecified atom stereocenters. The zero-order valence-electron chi connectivity index (χ0n) is 14.3. The van der Waals surface area contributed by atoms with Crippen LogP contribution in [0.5, 0.6) is 0 Å². The van der Waals surface area contributed by atoms with Crippen LogP contribution in [0, 0.1) is 5.92 Å². The van der Waals surface area contributed by atoms with Crippen molar-refractivity contribution in [3.63, 3.8) is 0 Å². The predicted molar refractivity (Wildman–Crippen MR) is 91.8 cm³/mol. The van der Waals surface area contributed by atoms with Crippen LogP contribution in [0.2, 0.25) is 0 Å². The maximum absolute atomic E-state index is 6.28. The zero-order valence-corrected chi connectivity index (χ0v) is 14.3. The smallest absolute Gasteiger partial charge is 0.184 e. The average Bonchev–Trinajstić information content (AvgIpc) is 3.27. The zero-order chi connectivity index (χ0) is 17.2. The molecule has 2 aliphatic rings. The second-order valence-corrected chi connectivity index (χ2v) is 6.44. The Bertz CT molecular complexity index is 704. The van der Waals surface area contributed by atoms with Crippen molar-refractivity contribution in [1.82, 2.24) is 14.6 Å². The molecule has 1 aromatic carbocycles. The van der Waals surface area contributed by atoms with E-state index in [0.29, 0.717) is 6.61 Å². The van der Waals surface area contributed by atoms with Gasteiger partial charge in [-0.1, -0.05) is 30.3 Å². The summed E-state index contributed by atoms with van der Waals surface area (Å²) in [5, 5.41) is 6.20. The highest BCUT2D eigenvalue weighted by molar-refractivity contribution is 5.62. The molecule has 2 aromatic rings. The third kappa shape index (κ3) is 3.30. The summed E-state index contributed by atoms with van der Waals surface area (Å²) in [6.07, 6.45) is 6.45. The Balaban J connectivity index is 1.59. The van der Waals surface area contributed by atoms with Gasteiger partial charge < -0.3 is 23.8 Å². The lowest BCUT2D eigenvalue weighted by Gasteiger charge is -2.33. The quantitative estimate of drug-likeness (QED) is 0.629. The fraction of sp³-hybridized carbons (Fsp3) is 0.444. The summed E-state index contributed by atoms with van der Waals surface area (Å²) in [5.41, 5.74) is 1.01. The van der Waals surface area contributed by atoms with Crippen molar-refractivity contribution in [3.8, 4) is 0 Å². The van der Waals surface area contributed by atoms with Gasteiger partial charge in [-0.25, -0.2) is 4.98 Å².